The monoisotopic (exact) mass is 357 g/mol. The number of ether oxygens (including phenoxy) is 1. The maximum atomic E-state index is 11.1. The van der Waals surface area contributed by atoms with Crippen molar-refractivity contribution in [2.75, 3.05) is 6.61 Å². The number of amides is 1. The third-order valence-corrected chi connectivity index (χ3v) is 4.18. The van der Waals surface area contributed by atoms with Crippen LogP contribution in [0.2, 0.25) is 10.0 Å². The number of nitrogens with two attached hydrogens (primary N) is 1. The minimum atomic E-state index is -0.664. The molecule has 0 saturated heterocycles. The number of nitrogens with zero attached hydrogens (tertiary/aromatic N) is 2. The first kappa shape index (κ1) is 17.6. The van der Waals surface area contributed by atoms with E-state index in [-0.39, 0.29) is 11.7 Å². The molecule has 124 valence electrons. The van der Waals surface area contributed by atoms with Crippen LogP contribution in [0.1, 0.15) is 29.9 Å². The van der Waals surface area contributed by atoms with Crippen LogP contribution in [0.25, 0.3) is 0 Å². The number of hydrogen-bond acceptors (Lipinski definition) is 4. The summed E-state index contributed by atoms with van der Waals surface area (Å²) in [4.78, 5) is 15.0. The van der Waals surface area contributed by atoms with Crippen LogP contribution in [0.5, 0.6) is 5.75 Å². The molecule has 0 fully saturated rings. The van der Waals surface area contributed by atoms with Crippen molar-refractivity contribution in [1.29, 1.82) is 0 Å². The Hall–Kier alpha value is -1.76. The molecule has 8 heteroatoms. The lowest BCUT2D eigenvalue weighted by molar-refractivity contribution is 0.0993. The Bertz CT molecular complexity index is 688. The first-order valence-electron chi connectivity index (χ1n) is 6.98. The summed E-state index contributed by atoms with van der Waals surface area (Å²) in [5.74, 6) is -0.137. The molecule has 1 amide bonds. The summed E-state index contributed by atoms with van der Waals surface area (Å²) in [7, 11) is 0. The standard InChI is InChI=1S/C15H17Cl2N3O3/c1-9(21)12(20-7-11(15(18)22)19-8-20)5-6-23-13-4-2-3-10(16)14(13)17/h2-4,7-9,12,21H,5-6H2,1H3,(H2,18,22)/t9-,12+/m0/s1. The van der Waals surface area contributed by atoms with E-state index in [1.807, 2.05) is 0 Å². The molecule has 0 spiro atoms. The first-order valence-corrected chi connectivity index (χ1v) is 7.74. The molecular formula is C15H17Cl2N3O3. The Balaban J connectivity index is 2.02. The molecule has 0 radical (unpaired) electrons. The van der Waals surface area contributed by atoms with Crippen LogP contribution in [0.4, 0.5) is 0 Å². The van der Waals surface area contributed by atoms with E-state index in [2.05, 4.69) is 4.98 Å². The fraction of sp³-hybridized carbons (Fsp3) is 0.333. The topological polar surface area (TPSA) is 90.4 Å². The highest BCUT2D eigenvalue weighted by atomic mass is 35.5. The smallest absolute Gasteiger partial charge is 0.268 e. The fourth-order valence-electron chi connectivity index (χ4n) is 2.17. The Kier molecular flexibility index (Phi) is 5.87. The molecule has 6 nitrogen and oxygen atoms in total. The molecule has 3 N–H and O–H groups in total. The largest absolute Gasteiger partial charge is 0.492 e. The van der Waals surface area contributed by atoms with Crippen LogP contribution < -0.4 is 10.5 Å². The summed E-state index contributed by atoms with van der Waals surface area (Å²) in [5, 5.41) is 10.7. The predicted molar refractivity (Wildman–Crippen MR) is 88.0 cm³/mol. The van der Waals surface area contributed by atoms with Gasteiger partial charge in [0.15, 0.2) is 0 Å². The third-order valence-electron chi connectivity index (χ3n) is 3.38. The van der Waals surface area contributed by atoms with Gasteiger partial charge in [0.05, 0.1) is 30.1 Å². The minimum Gasteiger partial charge on any atom is -0.492 e. The van der Waals surface area contributed by atoms with Gasteiger partial charge in [0, 0.05) is 12.6 Å². The first-order chi connectivity index (χ1) is 10.9. The number of benzene rings is 1. The summed E-state index contributed by atoms with van der Waals surface area (Å²) < 4.78 is 7.27. The lowest BCUT2D eigenvalue weighted by Gasteiger charge is -2.21. The van der Waals surface area contributed by atoms with Gasteiger partial charge in [-0.3, -0.25) is 4.79 Å². The molecule has 1 heterocycles. The molecule has 2 atom stereocenters. The third kappa shape index (κ3) is 4.37. The van der Waals surface area contributed by atoms with Gasteiger partial charge in [-0.25, -0.2) is 4.98 Å². The van der Waals surface area contributed by atoms with Crippen molar-refractivity contribution in [2.24, 2.45) is 5.73 Å². The van der Waals surface area contributed by atoms with Crippen LogP contribution in [-0.4, -0.2) is 33.3 Å². The summed E-state index contributed by atoms with van der Waals surface area (Å²) in [6, 6.07) is 4.82. The van der Waals surface area contributed by atoms with Crippen LogP contribution in [0.15, 0.2) is 30.7 Å². The molecule has 0 aliphatic carbocycles. The summed E-state index contributed by atoms with van der Waals surface area (Å²) in [6.45, 7) is 1.96. The average Bonchev–Trinajstić information content (AvgIpc) is 2.97. The Labute approximate surface area is 143 Å². The lowest BCUT2D eigenvalue weighted by Crippen LogP contribution is -2.23. The average molecular weight is 358 g/mol. The molecule has 0 unspecified atom stereocenters. The van der Waals surface area contributed by atoms with Crippen molar-refractivity contribution in [3.8, 4) is 5.75 Å². The van der Waals surface area contributed by atoms with Crippen LogP contribution in [0, 0.1) is 0 Å². The van der Waals surface area contributed by atoms with Gasteiger partial charge in [-0.15, -0.1) is 0 Å². The number of carbonyl (C=O) groups excluding carboxylic acids is 1. The van der Waals surface area contributed by atoms with E-state index in [1.165, 1.54) is 12.5 Å². The van der Waals surface area contributed by atoms with Crippen LogP contribution in [0.3, 0.4) is 0 Å². The van der Waals surface area contributed by atoms with Crippen molar-refractivity contribution in [1.82, 2.24) is 9.55 Å². The number of carbonyl (C=O) groups is 1. The fourth-order valence-corrected chi connectivity index (χ4v) is 2.52. The summed E-state index contributed by atoms with van der Waals surface area (Å²) in [6.07, 6.45) is 2.79. The second-order valence-electron chi connectivity index (χ2n) is 5.07. The van der Waals surface area contributed by atoms with Gasteiger partial charge in [-0.05, 0) is 19.1 Å². The maximum absolute atomic E-state index is 11.1. The Morgan fingerprint density at radius 3 is 2.83 bits per heavy atom. The van der Waals surface area contributed by atoms with Gasteiger partial charge in [-0.1, -0.05) is 29.3 Å². The molecule has 0 bridgehead atoms. The van der Waals surface area contributed by atoms with Crippen molar-refractivity contribution in [2.45, 2.75) is 25.5 Å². The number of halogens is 2. The number of aromatic nitrogens is 2. The van der Waals surface area contributed by atoms with Crippen molar-refractivity contribution in [3.63, 3.8) is 0 Å². The molecule has 2 aromatic rings. The number of aliphatic hydroxyl groups excluding tert-OH is 1. The highest BCUT2D eigenvalue weighted by Gasteiger charge is 2.19. The predicted octanol–water partition coefficient (Wildman–Crippen LogP) is 2.68. The maximum Gasteiger partial charge on any atom is 0.268 e. The summed E-state index contributed by atoms with van der Waals surface area (Å²) in [5.41, 5.74) is 5.33. The number of rotatable bonds is 7. The second-order valence-corrected chi connectivity index (χ2v) is 5.85. The zero-order valence-corrected chi connectivity index (χ0v) is 14.0. The molecule has 0 aliphatic heterocycles. The molecule has 1 aromatic heterocycles. The Morgan fingerprint density at radius 2 is 2.22 bits per heavy atom. The van der Waals surface area contributed by atoms with Gasteiger partial charge in [0.25, 0.3) is 5.91 Å². The molecule has 1 aromatic carbocycles. The molecule has 0 aliphatic rings. The van der Waals surface area contributed by atoms with Gasteiger partial charge in [0.1, 0.15) is 16.5 Å². The van der Waals surface area contributed by atoms with Gasteiger partial charge >= 0.3 is 0 Å². The molecule has 0 saturated carbocycles. The van der Waals surface area contributed by atoms with Gasteiger partial charge in [-0.2, -0.15) is 0 Å². The zero-order valence-electron chi connectivity index (χ0n) is 12.4. The highest BCUT2D eigenvalue weighted by Crippen LogP contribution is 2.31. The molecule has 23 heavy (non-hydrogen) atoms. The number of primary amides is 1. The van der Waals surface area contributed by atoms with E-state index in [9.17, 15) is 9.90 Å². The van der Waals surface area contributed by atoms with Gasteiger partial charge in [0.2, 0.25) is 0 Å². The molecule has 2 rings (SSSR count). The van der Waals surface area contributed by atoms with E-state index in [4.69, 9.17) is 33.7 Å². The van der Waals surface area contributed by atoms with E-state index < -0.39 is 12.0 Å². The van der Waals surface area contributed by atoms with Crippen molar-refractivity contribution in [3.05, 3.63) is 46.5 Å². The van der Waals surface area contributed by atoms with E-state index in [0.29, 0.717) is 28.8 Å². The van der Waals surface area contributed by atoms with E-state index in [0.717, 1.165) is 0 Å². The van der Waals surface area contributed by atoms with Crippen molar-refractivity contribution >= 4 is 29.1 Å². The number of hydrogen-bond donors (Lipinski definition) is 2. The quantitative estimate of drug-likeness (QED) is 0.796. The summed E-state index contributed by atoms with van der Waals surface area (Å²) >= 11 is 12.0. The van der Waals surface area contributed by atoms with E-state index in [1.54, 1.807) is 29.7 Å². The van der Waals surface area contributed by atoms with Gasteiger partial charge < -0.3 is 20.1 Å². The molecular weight excluding hydrogens is 341 g/mol. The second kappa shape index (κ2) is 7.68. The minimum absolute atomic E-state index is 0.148. The zero-order chi connectivity index (χ0) is 17.0. The highest BCUT2D eigenvalue weighted by molar-refractivity contribution is 6.42. The Morgan fingerprint density at radius 1 is 1.48 bits per heavy atom. The van der Waals surface area contributed by atoms with Crippen LogP contribution in [-0.2, 0) is 0 Å². The lowest BCUT2D eigenvalue weighted by atomic mass is 10.1. The number of aliphatic hydroxyl groups is 1. The normalized spacial score (nSPS) is 13.6. The van der Waals surface area contributed by atoms with Crippen molar-refractivity contribution < 1.29 is 14.6 Å². The van der Waals surface area contributed by atoms with E-state index >= 15 is 0 Å². The number of imidazole rings is 1. The van der Waals surface area contributed by atoms with Crippen LogP contribution >= 0.6 is 23.2 Å². The SMILES string of the molecule is C[C@H](O)[C@@H](CCOc1cccc(Cl)c1Cl)n1cnc(C(N)=O)c1.